The Morgan fingerprint density at radius 2 is 1.60 bits per heavy atom. The second-order valence-electron chi connectivity index (χ2n) is 9.97. The number of fused-ring (bicyclic) bond motifs is 1. The second-order valence-corrected chi connectivity index (χ2v) is 11.0. The molecule has 0 saturated heterocycles. The maximum atomic E-state index is 14.4. The van der Waals surface area contributed by atoms with E-state index in [-0.39, 0.29) is 17.7 Å². The first-order valence-corrected chi connectivity index (χ1v) is 15.7. The van der Waals surface area contributed by atoms with Crippen LogP contribution in [0, 0.1) is 0 Å². The molecule has 10 heteroatoms. The zero-order valence-corrected chi connectivity index (χ0v) is 26.8. The van der Waals surface area contributed by atoms with Gasteiger partial charge < -0.3 is 23.7 Å². The first kappa shape index (κ1) is 31.6. The minimum atomic E-state index is -0.920. The summed E-state index contributed by atoms with van der Waals surface area (Å²) in [4.78, 5) is 33.7. The number of carbonyl (C=O) groups is 1. The maximum Gasteiger partial charge on any atom is 0.338 e. The number of aromatic nitrogens is 1. The van der Waals surface area contributed by atoms with E-state index in [4.69, 9.17) is 28.7 Å². The molecule has 1 aliphatic rings. The lowest BCUT2D eigenvalue weighted by Crippen LogP contribution is -2.40. The van der Waals surface area contributed by atoms with Gasteiger partial charge in [-0.15, -0.1) is 0 Å². The molecule has 0 aliphatic carbocycles. The van der Waals surface area contributed by atoms with Crippen LogP contribution in [-0.2, 0) is 9.53 Å². The molecule has 2 heterocycles. The minimum absolute atomic E-state index is 0.148. The van der Waals surface area contributed by atoms with Gasteiger partial charge in [-0.25, -0.2) is 9.79 Å². The average molecular weight is 629 g/mol. The predicted molar refractivity (Wildman–Crippen MR) is 174 cm³/mol. The molecular weight excluding hydrogens is 592 g/mol. The first-order chi connectivity index (χ1) is 22.0. The fourth-order valence-corrected chi connectivity index (χ4v) is 6.24. The number of hydrogen-bond donors (Lipinski definition) is 0. The SMILES string of the molecule is CCCOc1c(OC)cccc1[C@H]1C(C(=O)OCC)=C(c2ccccc2)N=c2sc(=Cc3cccc(OC)c3OCC)c(=O)n21. The van der Waals surface area contributed by atoms with E-state index in [9.17, 15) is 9.59 Å². The number of methoxy groups -OCH3 is 2. The molecule has 1 atom stereocenters. The summed E-state index contributed by atoms with van der Waals surface area (Å²) in [7, 11) is 3.13. The van der Waals surface area contributed by atoms with Crippen molar-refractivity contribution < 1.29 is 28.5 Å². The number of rotatable bonds is 12. The van der Waals surface area contributed by atoms with E-state index < -0.39 is 12.0 Å². The van der Waals surface area contributed by atoms with E-state index in [1.807, 2.05) is 74.5 Å². The molecular formula is C35H36N2O7S. The molecule has 9 nitrogen and oxygen atoms in total. The van der Waals surface area contributed by atoms with Crippen molar-refractivity contribution in [3.63, 3.8) is 0 Å². The van der Waals surface area contributed by atoms with Gasteiger partial charge in [0, 0.05) is 16.7 Å². The number of esters is 1. The fourth-order valence-electron chi connectivity index (χ4n) is 5.25. The normalized spacial score (nSPS) is 14.4. The number of hydrogen-bond acceptors (Lipinski definition) is 9. The topological polar surface area (TPSA) is 97.6 Å². The molecule has 45 heavy (non-hydrogen) atoms. The summed E-state index contributed by atoms with van der Waals surface area (Å²) >= 11 is 1.23. The molecule has 0 amide bonds. The van der Waals surface area contributed by atoms with Crippen molar-refractivity contribution in [1.29, 1.82) is 0 Å². The molecule has 0 saturated carbocycles. The number of para-hydroxylation sites is 2. The van der Waals surface area contributed by atoms with E-state index in [0.29, 0.717) is 67.9 Å². The van der Waals surface area contributed by atoms with Gasteiger partial charge in [-0.05, 0) is 38.5 Å². The molecule has 1 aromatic heterocycles. The van der Waals surface area contributed by atoms with Crippen molar-refractivity contribution in [2.24, 2.45) is 4.99 Å². The van der Waals surface area contributed by atoms with Gasteiger partial charge >= 0.3 is 5.97 Å². The Hall–Kier alpha value is -4.83. The Balaban J connectivity index is 1.87. The van der Waals surface area contributed by atoms with E-state index in [2.05, 4.69) is 0 Å². The van der Waals surface area contributed by atoms with Crippen LogP contribution >= 0.6 is 11.3 Å². The monoisotopic (exact) mass is 628 g/mol. The predicted octanol–water partition coefficient (Wildman–Crippen LogP) is 5.14. The van der Waals surface area contributed by atoms with Crippen LogP contribution in [0.25, 0.3) is 11.8 Å². The Morgan fingerprint density at radius 1 is 0.889 bits per heavy atom. The first-order valence-electron chi connectivity index (χ1n) is 14.8. The van der Waals surface area contributed by atoms with Gasteiger partial charge in [0.1, 0.15) is 6.04 Å². The van der Waals surface area contributed by atoms with Gasteiger partial charge in [0.2, 0.25) is 0 Å². The Morgan fingerprint density at radius 3 is 2.27 bits per heavy atom. The minimum Gasteiger partial charge on any atom is -0.493 e. The van der Waals surface area contributed by atoms with Crippen molar-refractivity contribution >= 4 is 29.1 Å². The zero-order chi connectivity index (χ0) is 31.9. The average Bonchev–Trinajstić information content (AvgIpc) is 3.38. The highest BCUT2D eigenvalue weighted by molar-refractivity contribution is 7.07. The number of benzene rings is 3. The smallest absolute Gasteiger partial charge is 0.338 e. The number of nitrogens with zero attached hydrogens (tertiary/aromatic N) is 2. The van der Waals surface area contributed by atoms with Gasteiger partial charge in [0.25, 0.3) is 5.56 Å². The molecule has 0 spiro atoms. The molecule has 3 aromatic carbocycles. The van der Waals surface area contributed by atoms with Crippen LogP contribution in [0.4, 0.5) is 0 Å². The van der Waals surface area contributed by atoms with Crippen molar-refractivity contribution in [2.45, 2.75) is 33.2 Å². The third kappa shape index (κ3) is 6.23. The van der Waals surface area contributed by atoms with E-state index >= 15 is 0 Å². The highest BCUT2D eigenvalue weighted by atomic mass is 32.1. The molecule has 0 bridgehead atoms. The van der Waals surface area contributed by atoms with Gasteiger partial charge in [-0.2, -0.15) is 0 Å². The van der Waals surface area contributed by atoms with Gasteiger partial charge in [0.15, 0.2) is 27.8 Å². The summed E-state index contributed by atoms with van der Waals surface area (Å²) < 4.78 is 30.9. The summed E-state index contributed by atoms with van der Waals surface area (Å²) in [6, 6.07) is 19.5. The maximum absolute atomic E-state index is 14.4. The number of carbonyl (C=O) groups excluding carboxylic acids is 1. The zero-order valence-electron chi connectivity index (χ0n) is 26.0. The molecule has 4 aromatic rings. The summed E-state index contributed by atoms with van der Waals surface area (Å²) in [5.41, 5.74) is 2.30. The number of ether oxygens (including phenoxy) is 5. The quantitative estimate of drug-likeness (QED) is 0.201. The fraction of sp³-hybridized carbons (Fsp3) is 0.286. The highest BCUT2D eigenvalue weighted by Gasteiger charge is 2.37. The molecule has 234 valence electrons. The Bertz CT molecular complexity index is 1890. The third-order valence-electron chi connectivity index (χ3n) is 7.15. The van der Waals surface area contributed by atoms with Crippen LogP contribution in [0.15, 0.2) is 82.1 Å². The second kappa shape index (κ2) is 14.3. The molecule has 1 aliphatic heterocycles. The lowest BCUT2D eigenvalue weighted by Gasteiger charge is -2.27. The van der Waals surface area contributed by atoms with E-state index in [1.165, 1.54) is 11.3 Å². The van der Waals surface area contributed by atoms with Crippen LogP contribution in [0.5, 0.6) is 23.0 Å². The summed E-state index contributed by atoms with van der Waals surface area (Å²) in [6.45, 7) is 6.62. The van der Waals surface area contributed by atoms with Crippen LogP contribution in [0.1, 0.15) is 49.9 Å². The summed E-state index contributed by atoms with van der Waals surface area (Å²) in [5.74, 6) is 1.45. The van der Waals surface area contributed by atoms with Crippen molar-refractivity contribution in [2.75, 3.05) is 34.0 Å². The van der Waals surface area contributed by atoms with Crippen LogP contribution < -0.4 is 33.8 Å². The molecule has 5 rings (SSSR count). The Kier molecular flexibility index (Phi) is 10.0. The lowest BCUT2D eigenvalue weighted by molar-refractivity contribution is -0.138. The standard InChI is InChI=1S/C35H36N2O7S/c1-6-20-44-32-24(17-13-19-26(32)41-5)30-28(34(39)43-8-3)29(22-14-10-9-11-15-22)36-35-37(30)33(38)27(45-35)21-23-16-12-18-25(40-4)31(23)42-7-2/h9-19,21,30H,6-8,20H2,1-5H3/t30-/m0/s1. The van der Waals surface area contributed by atoms with Gasteiger partial charge in [0.05, 0.1) is 49.8 Å². The van der Waals surface area contributed by atoms with Crippen molar-refractivity contribution in [3.8, 4) is 23.0 Å². The molecule has 0 radical (unpaired) electrons. The molecule has 0 fully saturated rings. The van der Waals surface area contributed by atoms with Gasteiger partial charge in [-0.3, -0.25) is 9.36 Å². The number of thiazole rings is 1. The summed E-state index contributed by atoms with van der Waals surface area (Å²) in [5, 5.41) is 0. The van der Waals surface area contributed by atoms with Crippen LogP contribution in [0.3, 0.4) is 0 Å². The van der Waals surface area contributed by atoms with Gasteiger partial charge in [-0.1, -0.05) is 72.9 Å². The summed E-state index contributed by atoms with van der Waals surface area (Å²) in [6.07, 6.45) is 2.52. The largest absolute Gasteiger partial charge is 0.493 e. The molecule has 0 unspecified atom stereocenters. The van der Waals surface area contributed by atoms with E-state index in [1.54, 1.807) is 37.9 Å². The van der Waals surface area contributed by atoms with E-state index in [0.717, 1.165) is 6.42 Å². The highest BCUT2D eigenvalue weighted by Crippen LogP contribution is 2.42. The van der Waals surface area contributed by atoms with Crippen molar-refractivity contribution in [1.82, 2.24) is 4.57 Å². The van der Waals surface area contributed by atoms with Crippen LogP contribution in [0.2, 0.25) is 0 Å². The Labute approximate surface area is 265 Å². The lowest BCUT2D eigenvalue weighted by atomic mass is 9.92. The third-order valence-corrected chi connectivity index (χ3v) is 8.14. The molecule has 0 N–H and O–H groups in total. The van der Waals surface area contributed by atoms with Crippen molar-refractivity contribution in [3.05, 3.63) is 109 Å². The van der Waals surface area contributed by atoms with Crippen LogP contribution in [-0.4, -0.2) is 44.6 Å².